The van der Waals surface area contributed by atoms with Crippen LogP contribution in [-0.2, 0) is 14.3 Å². The van der Waals surface area contributed by atoms with Crippen molar-refractivity contribution < 1.29 is 19.1 Å². The molecule has 5 heteroatoms. The van der Waals surface area contributed by atoms with Crippen molar-refractivity contribution in [2.75, 3.05) is 20.2 Å². The number of amides is 1. The second-order valence-corrected chi connectivity index (χ2v) is 5.35. The van der Waals surface area contributed by atoms with Crippen LogP contribution >= 0.6 is 0 Å². The highest BCUT2D eigenvalue weighted by atomic mass is 16.5. The van der Waals surface area contributed by atoms with Crippen molar-refractivity contribution in [3.63, 3.8) is 0 Å². The molecule has 1 aromatic rings. The van der Waals surface area contributed by atoms with E-state index in [-0.39, 0.29) is 36.9 Å². The van der Waals surface area contributed by atoms with Gasteiger partial charge in [0.05, 0.1) is 13.5 Å². The first kappa shape index (κ1) is 18.9. The van der Waals surface area contributed by atoms with E-state index in [0.29, 0.717) is 18.7 Å². The zero-order valence-electron chi connectivity index (χ0n) is 13.9. The number of ketones is 1. The molecule has 0 aliphatic heterocycles. The molecular weight excluding hydrogens is 294 g/mol. The molecule has 0 atom stereocenters. The summed E-state index contributed by atoms with van der Waals surface area (Å²) in [5.41, 5.74) is 0.620. The predicted octanol–water partition coefficient (Wildman–Crippen LogP) is 2.84. The van der Waals surface area contributed by atoms with Crippen LogP contribution in [-0.4, -0.2) is 42.8 Å². The summed E-state index contributed by atoms with van der Waals surface area (Å²) in [5.74, 6) is -0.464. The Bertz CT molecular complexity index is 513. The summed E-state index contributed by atoms with van der Waals surface area (Å²) in [6, 6.07) is 8.96. The molecule has 0 heterocycles. The third-order valence-corrected chi connectivity index (χ3v) is 3.61. The molecule has 1 aromatic carbocycles. The fourth-order valence-electron chi connectivity index (χ4n) is 2.19. The lowest BCUT2D eigenvalue weighted by molar-refractivity contribution is -0.141. The van der Waals surface area contributed by atoms with Gasteiger partial charge in [-0.15, -0.1) is 0 Å². The average molecular weight is 319 g/mol. The molecule has 0 radical (unpaired) electrons. The number of hydrogen-bond donors (Lipinski definition) is 0. The van der Waals surface area contributed by atoms with Crippen molar-refractivity contribution >= 4 is 17.7 Å². The largest absolute Gasteiger partial charge is 0.469 e. The highest BCUT2D eigenvalue weighted by Crippen LogP contribution is 2.08. The number of benzene rings is 1. The Balaban J connectivity index is 2.51. The van der Waals surface area contributed by atoms with Gasteiger partial charge in [-0.3, -0.25) is 14.4 Å². The van der Waals surface area contributed by atoms with E-state index in [2.05, 4.69) is 4.74 Å². The summed E-state index contributed by atoms with van der Waals surface area (Å²) in [7, 11) is 1.33. The zero-order chi connectivity index (χ0) is 17.1. The number of ether oxygens (including phenoxy) is 1. The number of carbonyl (C=O) groups excluding carboxylic acids is 3. The van der Waals surface area contributed by atoms with E-state index >= 15 is 0 Å². The van der Waals surface area contributed by atoms with Gasteiger partial charge in [0, 0.05) is 31.5 Å². The number of carbonyl (C=O) groups is 3. The van der Waals surface area contributed by atoms with E-state index in [4.69, 9.17) is 0 Å². The molecule has 23 heavy (non-hydrogen) atoms. The summed E-state index contributed by atoms with van der Waals surface area (Å²) >= 11 is 0. The lowest BCUT2D eigenvalue weighted by atomic mass is 10.1. The monoisotopic (exact) mass is 319 g/mol. The van der Waals surface area contributed by atoms with E-state index < -0.39 is 0 Å². The minimum Gasteiger partial charge on any atom is -0.469 e. The second kappa shape index (κ2) is 10.5. The molecule has 0 saturated carbocycles. The standard InChI is InChI=1S/C18H25NO4/c1-3-4-13-19(14-12-18(22)23-2)17(21)11-10-16(20)15-8-6-5-7-9-15/h5-9H,3-4,10-14H2,1-2H3. The highest BCUT2D eigenvalue weighted by Gasteiger charge is 2.16. The number of Topliss-reactive ketones (excluding diaryl/α,β-unsaturated/α-hetero) is 1. The molecule has 1 rings (SSSR count). The maximum absolute atomic E-state index is 12.3. The van der Waals surface area contributed by atoms with E-state index in [1.165, 1.54) is 7.11 Å². The predicted molar refractivity (Wildman–Crippen MR) is 88.1 cm³/mol. The minimum atomic E-state index is -0.334. The SMILES string of the molecule is CCCCN(CCC(=O)OC)C(=O)CCC(=O)c1ccccc1. The highest BCUT2D eigenvalue weighted by molar-refractivity contribution is 5.97. The van der Waals surface area contributed by atoms with Gasteiger partial charge in [-0.1, -0.05) is 43.7 Å². The lowest BCUT2D eigenvalue weighted by Gasteiger charge is -2.22. The van der Waals surface area contributed by atoms with Crippen LogP contribution in [0.2, 0.25) is 0 Å². The topological polar surface area (TPSA) is 63.7 Å². The summed E-state index contributed by atoms with van der Waals surface area (Å²) in [4.78, 5) is 37.3. The van der Waals surface area contributed by atoms with Gasteiger partial charge in [-0.05, 0) is 6.42 Å². The fraction of sp³-hybridized carbons (Fsp3) is 0.500. The van der Waals surface area contributed by atoms with Gasteiger partial charge in [-0.2, -0.15) is 0 Å². The Hall–Kier alpha value is -2.17. The minimum absolute atomic E-state index is 0.0395. The third kappa shape index (κ3) is 7.08. The van der Waals surface area contributed by atoms with Crippen LogP contribution in [0.25, 0.3) is 0 Å². The van der Waals surface area contributed by atoms with Crippen LogP contribution in [0.3, 0.4) is 0 Å². The quantitative estimate of drug-likeness (QED) is 0.491. The first-order valence-electron chi connectivity index (χ1n) is 8.01. The molecule has 0 aliphatic carbocycles. The van der Waals surface area contributed by atoms with Crippen LogP contribution < -0.4 is 0 Å². The van der Waals surface area contributed by atoms with E-state index in [0.717, 1.165) is 12.8 Å². The van der Waals surface area contributed by atoms with Gasteiger partial charge < -0.3 is 9.64 Å². The number of methoxy groups -OCH3 is 1. The molecule has 0 spiro atoms. The molecule has 1 amide bonds. The summed E-state index contributed by atoms with van der Waals surface area (Å²) < 4.78 is 4.61. The maximum Gasteiger partial charge on any atom is 0.307 e. The van der Waals surface area contributed by atoms with Crippen molar-refractivity contribution in [3.05, 3.63) is 35.9 Å². The summed E-state index contributed by atoms with van der Waals surface area (Å²) in [5, 5.41) is 0. The van der Waals surface area contributed by atoms with E-state index in [1.807, 2.05) is 13.0 Å². The number of rotatable bonds is 10. The summed E-state index contributed by atoms with van der Waals surface area (Å²) in [6.07, 6.45) is 2.37. The number of nitrogens with zero attached hydrogens (tertiary/aromatic N) is 1. The smallest absolute Gasteiger partial charge is 0.307 e. The second-order valence-electron chi connectivity index (χ2n) is 5.35. The Morgan fingerprint density at radius 3 is 2.30 bits per heavy atom. The maximum atomic E-state index is 12.3. The van der Waals surface area contributed by atoms with E-state index in [1.54, 1.807) is 29.2 Å². The molecule has 5 nitrogen and oxygen atoms in total. The molecule has 0 saturated heterocycles. The first-order chi connectivity index (χ1) is 11.1. The normalized spacial score (nSPS) is 10.2. The van der Waals surface area contributed by atoms with Gasteiger partial charge in [-0.25, -0.2) is 0 Å². The number of hydrogen-bond acceptors (Lipinski definition) is 4. The van der Waals surface area contributed by atoms with Gasteiger partial charge >= 0.3 is 5.97 Å². The molecule has 0 unspecified atom stereocenters. The fourth-order valence-corrected chi connectivity index (χ4v) is 2.19. The Kier molecular flexibility index (Phi) is 8.65. The van der Waals surface area contributed by atoms with Crippen LogP contribution in [0.15, 0.2) is 30.3 Å². The van der Waals surface area contributed by atoms with Crippen LogP contribution in [0.5, 0.6) is 0 Å². The van der Waals surface area contributed by atoms with Gasteiger partial charge in [0.15, 0.2) is 5.78 Å². The van der Waals surface area contributed by atoms with Gasteiger partial charge in [0.25, 0.3) is 0 Å². The molecule has 0 bridgehead atoms. The van der Waals surface area contributed by atoms with Gasteiger partial charge in [0.1, 0.15) is 0 Å². The number of esters is 1. The molecule has 126 valence electrons. The number of unbranched alkanes of at least 4 members (excludes halogenated alkanes) is 1. The Morgan fingerprint density at radius 1 is 1.00 bits per heavy atom. The lowest BCUT2D eigenvalue weighted by Crippen LogP contribution is -2.34. The average Bonchev–Trinajstić information content (AvgIpc) is 2.59. The zero-order valence-corrected chi connectivity index (χ0v) is 13.9. The summed E-state index contributed by atoms with van der Waals surface area (Å²) in [6.45, 7) is 2.98. The van der Waals surface area contributed by atoms with E-state index in [9.17, 15) is 14.4 Å². The Labute approximate surface area is 137 Å². The Morgan fingerprint density at radius 2 is 1.70 bits per heavy atom. The van der Waals surface area contributed by atoms with Crippen molar-refractivity contribution in [2.45, 2.75) is 39.0 Å². The van der Waals surface area contributed by atoms with Gasteiger partial charge in [0.2, 0.25) is 5.91 Å². The van der Waals surface area contributed by atoms with Crippen molar-refractivity contribution in [3.8, 4) is 0 Å². The van der Waals surface area contributed by atoms with Crippen LogP contribution in [0, 0.1) is 0 Å². The molecule has 0 N–H and O–H groups in total. The van der Waals surface area contributed by atoms with Crippen molar-refractivity contribution in [1.82, 2.24) is 4.90 Å². The molecule has 0 aromatic heterocycles. The molecule has 0 fully saturated rings. The molecule has 0 aliphatic rings. The van der Waals surface area contributed by atoms with Crippen molar-refractivity contribution in [1.29, 1.82) is 0 Å². The first-order valence-corrected chi connectivity index (χ1v) is 8.01. The van der Waals surface area contributed by atoms with Crippen molar-refractivity contribution in [2.24, 2.45) is 0 Å². The molecular formula is C18H25NO4. The van der Waals surface area contributed by atoms with Crippen LogP contribution in [0.1, 0.15) is 49.4 Å². The third-order valence-electron chi connectivity index (χ3n) is 3.61. The van der Waals surface area contributed by atoms with Crippen LogP contribution in [0.4, 0.5) is 0 Å².